The van der Waals surface area contributed by atoms with Crippen LogP contribution in [0.15, 0.2) is 66.7 Å². The summed E-state index contributed by atoms with van der Waals surface area (Å²) < 4.78 is 5.22. The number of hydrogen-bond donors (Lipinski definition) is 0. The second kappa shape index (κ2) is 7.21. The lowest BCUT2D eigenvalue weighted by Gasteiger charge is -2.18. The molecule has 4 nitrogen and oxygen atoms in total. The summed E-state index contributed by atoms with van der Waals surface area (Å²) in [6, 6.07) is 23.5. The van der Waals surface area contributed by atoms with Crippen molar-refractivity contribution in [2.75, 3.05) is 12.0 Å². The molecule has 1 unspecified atom stereocenters. The van der Waals surface area contributed by atoms with Crippen LogP contribution in [0.25, 0.3) is 0 Å². The van der Waals surface area contributed by atoms with Crippen LogP contribution in [0.4, 0.5) is 5.69 Å². The topological polar surface area (TPSA) is 53.3 Å². The van der Waals surface area contributed by atoms with Crippen molar-refractivity contribution in [3.63, 3.8) is 0 Å². The third kappa shape index (κ3) is 3.01. The molecule has 0 fully saturated rings. The molecular formula is C24H20N2O2. The molecule has 1 aliphatic rings. The second-order valence-electron chi connectivity index (χ2n) is 6.95. The van der Waals surface area contributed by atoms with Gasteiger partial charge >= 0.3 is 0 Å². The molecular weight excluding hydrogens is 348 g/mol. The standard InChI is InChI=1S/C24H20N2O2/c1-16-13-18(9-10-19(16)14-25)23-21-5-3-4-6-22(21)26(24(23)27)15-17-7-11-20(28-2)12-8-17/h3-13,23H,15H2,1-2H3. The van der Waals surface area contributed by atoms with Gasteiger partial charge in [0, 0.05) is 5.69 Å². The first-order chi connectivity index (χ1) is 13.6. The number of nitrogens with zero attached hydrogens (tertiary/aromatic N) is 2. The number of rotatable bonds is 4. The van der Waals surface area contributed by atoms with Gasteiger partial charge < -0.3 is 9.64 Å². The molecule has 1 amide bonds. The van der Waals surface area contributed by atoms with E-state index in [1.165, 1.54) is 0 Å². The number of carbonyl (C=O) groups excluding carboxylic acids is 1. The third-order valence-electron chi connectivity index (χ3n) is 5.26. The summed E-state index contributed by atoms with van der Waals surface area (Å²) in [7, 11) is 1.64. The number of aryl methyl sites for hydroxylation is 1. The smallest absolute Gasteiger partial charge is 0.239 e. The number of para-hydroxylation sites is 1. The Morgan fingerprint density at radius 2 is 1.82 bits per heavy atom. The number of carbonyl (C=O) groups is 1. The minimum absolute atomic E-state index is 0.0566. The fourth-order valence-corrected chi connectivity index (χ4v) is 3.78. The van der Waals surface area contributed by atoms with Gasteiger partial charge in [-0.15, -0.1) is 0 Å². The molecule has 1 atom stereocenters. The van der Waals surface area contributed by atoms with Gasteiger partial charge in [-0.25, -0.2) is 0 Å². The number of amides is 1. The van der Waals surface area contributed by atoms with Crippen molar-refractivity contribution in [3.8, 4) is 11.8 Å². The van der Waals surface area contributed by atoms with Crippen LogP contribution in [0.5, 0.6) is 5.75 Å². The van der Waals surface area contributed by atoms with Crippen molar-refractivity contribution in [1.82, 2.24) is 0 Å². The van der Waals surface area contributed by atoms with Crippen LogP contribution in [0.3, 0.4) is 0 Å². The number of anilines is 1. The third-order valence-corrected chi connectivity index (χ3v) is 5.26. The molecule has 3 aromatic rings. The first-order valence-corrected chi connectivity index (χ1v) is 9.16. The maximum Gasteiger partial charge on any atom is 0.239 e. The lowest BCUT2D eigenvalue weighted by atomic mass is 9.90. The zero-order chi connectivity index (χ0) is 19.7. The van der Waals surface area contributed by atoms with Crippen molar-refractivity contribution in [2.45, 2.75) is 19.4 Å². The Morgan fingerprint density at radius 1 is 1.07 bits per heavy atom. The Kier molecular flexibility index (Phi) is 4.58. The minimum Gasteiger partial charge on any atom is -0.497 e. The quantitative estimate of drug-likeness (QED) is 0.679. The van der Waals surface area contributed by atoms with Crippen LogP contribution in [0.1, 0.15) is 33.7 Å². The average molecular weight is 368 g/mol. The molecule has 138 valence electrons. The van der Waals surface area contributed by atoms with Crippen LogP contribution in [-0.4, -0.2) is 13.0 Å². The molecule has 4 rings (SSSR count). The highest BCUT2D eigenvalue weighted by Gasteiger charge is 2.38. The van der Waals surface area contributed by atoms with Gasteiger partial charge in [-0.1, -0.05) is 42.5 Å². The maximum absolute atomic E-state index is 13.4. The predicted molar refractivity (Wildman–Crippen MR) is 108 cm³/mol. The highest BCUT2D eigenvalue weighted by Crippen LogP contribution is 2.42. The Hall–Kier alpha value is -3.58. The zero-order valence-corrected chi connectivity index (χ0v) is 15.8. The fraction of sp³-hybridized carbons (Fsp3) is 0.167. The molecule has 0 spiro atoms. The van der Waals surface area contributed by atoms with Crippen molar-refractivity contribution in [2.24, 2.45) is 0 Å². The molecule has 0 bridgehead atoms. The van der Waals surface area contributed by atoms with Gasteiger partial charge in [0.25, 0.3) is 0 Å². The molecule has 0 N–H and O–H groups in total. The Labute approximate surface area is 164 Å². The number of hydrogen-bond acceptors (Lipinski definition) is 3. The SMILES string of the molecule is COc1ccc(CN2C(=O)C(c3ccc(C#N)c(C)c3)c3ccccc32)cc1. The largest absolute Gasteiger partial charge is 0.497 e. The Balaban J connectivity index is 1.71. The lowest BCUT2D eigenvalue weighted by molar-refractivity contribution is -0.118. The number of methoxy groups -OCH3 is 1. The van der Waals surface area contributed by atoms with Gasteiger partial charge in [-0.3, -0.25) is 4.79 Å². The van der Waals surface area contributed by atoms with Gasteiger partial charge in [-0.05, 0) is 53.4 Å². The van der Waals surface area contributed by atoms with Gasteiger partial charge in [0.1, 0.15) is 5.75 Å². The summed E-state index contributed by atoms with van der Waals surface area (Å²) in [5, 5.41) is 9.19. The summed E-state index contributed by atoms with van der Waals surface area (Å²) in [5.41, 5.74) is 5.43. The molecule has 0 aromatic heterocycles. The van der Waals surface area contributed by atoms with Crippen molar-refractivity contribution in [3.05, 3.63) is 94.5 Å². The van der Waals surface area contributed by atoms with Crippen LogP contribution in [0.2, 0.25) is 0 Å². The Bertz CT molecular complexity index is 1080. The normalized spacial score (nSPS) is 15.2. The highest BCUT2D eigenvalue weighted by molar-refractivity contribution is 6.06. The molecule has 0 saturated heterocycles. The number of benzene rings is 3. The van der Waals surface area contributed by atoms with Crippen molar-refractivity contribution >= 4 is 11.6 Å². The highest BCUT2D eigenvalue weighted by atomic mass is 16.5. The molecule has 28 heavy (non-hydrogen) atoms. The first kappa shape index (κ1) is 17.8. The van der Waals surface area contributed by atoms with E-state index in [-0.39, 0.29) is 11.8 Å². The first-order valence-electron chi connectivity index (χ1n) is 9.16. The number of nitriles is 1. The fourth-order valence-electron chi connectivity index (χ4n) is 3.78. The van der Waals surface area contributed by atoms with Gasteiger partial charge in [-0.2, -0.15) is 5.26 Å². The van der Waals surface area contributed by atoms with Gasteiger partial charge in [0.15, 0.2) is 0 Å². The van der Waals surface area contributed by atoms with E-state index < -0.39 is 0 Å². The summed E-state index contributed by atoms with van der Waals surface area (Å²) >= 11 is 0. The molecule has 0 aliphatic carbocycles. The van der Waals surface area contributed by atoms with E-state index in [1.807, 2.05) is 72.5 Å². The van der Waals surface area contributed by atoms with E-state index in [9.17, 15) is 10.1 Å². The molecule has 0 saturated carbocycles. The average Bonchev–Trinajstić information content (AvgIpc) is 3.00. The summed E-state index contributed by atoms with van der Waals surface area (Å²) in [6.07, 6.45) is 0. The van der Waals surface area contributed by atoms with Crippen molar-refractivity contribution in [1.29, 1.82) is 5.26 Å². The van der Waals surface area contributed by atoms with Crippen LogP contribution in [-0.2, 0) is 11.3 Å². The lowest BCUT2D eigenvalue weighted by Crippen LogP contribution is -2.28. The summed E-state index contributed by atoms with van der Waals surface area (Å²) in [4.78, 5) is 15.2. The Morgan fingerprint density at radius 3 is 2.50 bits per heavy atom. The van der Waals surface area contributed by atoms with E-state index in [4.69, 9.17) is 4.74 Å². The molecule has 1 aliphatic heterocycles. The van der Waals surface area contributed by atoms with Crippen LogP contribution < -0.4 is 9.64 Å². The van der Waals surface area contributed by atoms with Gasteiger partial charge in [0.05, 0.1) is 31.2 Å². The van der Waals surface area contributed by atoms with Crippen molar-refractivity contribution < 1.29 is 9.53 Å². The van der Waals surface area contributed by atoms with E-state index >= 15 is 0 Å². The van der Waals surface area contributed by atoms with Crippen LogP contribution >= 0.6 is 0 Å². The molecule has 4 heteroatoms. The van der Waals surface area contributed by atoms with E-state index in [0.29, 0.717) is 12.1 Å². The van der Waals surface area contributed by atoms with E-state index in [1.54, 1.807) is 13.2 Å². The minimum atomic E-state index is -0.346. The number of ether oxygens (including phenoxy) is 1. The predicted octanol–water partition coefficient (Wildman–Crippen LogP) is 4.55. The van der Waals surface area contributed by atoms with Gasteiger partial charge in [0.2, 0.25) is 5.91 Å². The monoisotopic (exact) mass is 368 g/mol. The zero-order valence-electron chi connectivity index (χ0n) is 15.8. The maximum atomic E-state index is 13.4. The molecule has 0 radical (unpaired) electrons. The van der Waals surface area contributed by atoms with E-state index in [2.05, 4.69) is 6.07 Å². The molecule has 3 aromatic carbocycles. The van der Waals surface area contributed by atoms with E-state index in [0.717, 1.165) is 33.7 Å². The summed E-state index contributed by atoms with van der Waals surface area (Å²) in [5.74, 6) is 0.504. The summed E-state index contributed by atoms with van der Waals surface area (Å²) in [6.45, 7) is 2.41. The number of fused-ring (bicyclic) bond motifs is 1. The molecule has 1 heterocycles. The van der Waals surface area contributed by atoms with Crippen LogP contribution in [0, 0.1) is 18.3 Å². The second-order valence-corrected chi connectivity index (χ2v) is 6.95.